The fraction of sp³-hybridized carbons (Fsp3) is 0.267. The van der Waals surface area contributed by atoms with Gasteiger partial charge >= 0.3 is 5.97 Å². The average molecular weight is 287 g/mol. The maximum Gasteiger partial charge on any atom is 0.330 e. The third-order valence-corrected chi connectivity index (χ3v) is 3.42. The molecule has 0 saturated heterocycles. The van der Waals surface area contributed by atoms with Crippen LogP contribution < -0.4 is 5.32 Å². The van der Waals surface area contributed by atoms with Crippen molar-refractivity contribution >= 4 is 11.9 Å². The number of carboxylic acids is 1. The van der Waals surface area contributed by atoms with Crippen molar-refractivity contribution in [3.8, 4) is 0 Å². The number of aliphatic carboxylic acids is 1. The monoisotopic (exact) mass is 287 g/mol. The van der Waals surface area contributed by atoms with E-state index in [-0.39, 0.29) is 5.69 Å². The van der Waals surface area contributed by atoms with Gasteiger partial charge in [0.05, 0.1) is 0 Å². The van der Waals surface area contributed by atoms with E-state index in [0.29, 0.717) is 5.56 Å². The third-order valence-electron chi connectivity index (χ3n) is 3.42. The number of carboxylic acid groups (broad SMARTS) is 1. The molecule has 0 aliphatic rings. The van der Waals surface area contributed by atoms with Gasteiger partial charge in [0.2, 0.25) is 0 Å². The number of nitrogens with zero attached hydrogens (tertiary/aromatic N) is 1. The molecule has 1 aromatic heterocycles. The molecule has 0 spiro atoms. The molecule has 21 heavy (non-hydrogen) atoms. The zero-order valence-corrected chi connectivity index (χ0v) is 12.1. The summed E-state index contributed by atoms with van der Waals surface area (Å²) in [5.41, 5.74) is 3.30. The first-order valence-electron chi connectivity index (χ1n) is 6.52. The van der Waals surface area contributed by atoms with Gasteiger partial charge in [-0.1, -0.05) is 18.2 Å². The standard InChI is InChI=1S/C15H17N3O3/c1-8-5-4-6-11(10(8)3)13(15(20)21)16-14(19)12-7-9(2)17-18-12/h4-7,13H,1-3H3,(H,16,19)(H,17,18)(H,20,21). The minimum atomic E-state index is -1.11. The smallest absolute Gasteiger partial charge is 0.330 e. The van der Waals surface area contributed by atoms with E-state index < -0.39 is 17.9 Å². The van der Waals surface area contributed by atoms with Crippen LogP contribution in [0, 0.1) is 20.8 Å². The number of aromatic amines is 1. The number of benzene rings is 1. The van der Waals surface area contributed by atoms with E-state index in [1.807, 2.05) is 19.9 Å². The van der Waals surface area contributed by atoms with E-state index in [1.165, 1.54) is 0 Å². The molecular weight excluding hydrogens is 270 g/mol. The van der Waals surface area contributed by atoms with Crippen LogP contribution in [-0.2, 0) is 4.79 Å². The summed E-state index contributed by atoms with van der Waals surface area (Å²) in [6.45, 7) is 5.51. The van der Waals surface area contributed by atoms with Gasteiger partial charge in [-0.15, -0.1) is 0 Å². The number of nitrogens with one attached hydrogen (secondary N) is 2. The second-order valence-electron chi connectivity index (χ2n) is 4.97. The summed E-state index contributed by atoms with van der Waals surface area (Å²) in [6, 6.07) is 5.85. The number of rotatable bonds is 4. The fourth-order valence-electron chi connectivity index (χ4n) is 2.10. The van der Waals surface area contributed by atoms with Gasteiger partial charge in [-0.05, 0) is 43.5 Å². The number of H-pyrrole nitrogens is 1. The largest absolute Gasteiger partial charge is 0.479 e. The Bertz CT molecular complexity index is 691. The predicted octanol–water partition coefficient (Wildman–Crippen LogP) is 1.89. The molecule has 0 aliphatic carbocycles. The van der Waals surface area contributed by atoms with Crippen molar-refractivity contribution in [1.82, 2.24) is 15.5 Å². The van der Waals surface area contributed by atoms with Crippen molar-refractivity contribution in [3.63, 3.8) is 0 Å². The fourth-order valence-corrected chi connectivity index (χ4v) is 2.10. The van der Waals surface area contributed by atoms with Crippen LogP contribution in [0.15, 0.2) is 24.3 Å². The number of hydrogen-bond acceptors (Lipinski definition) is 3. The lowest BCUT2D eigenvalue weighted by atomic mass is 9.97. The second-order valence-corrected chi connectivity index (χ2v) is 4.97. The minimum absolute atomic E-state index is 0.170. The van der Waals surface area contributed by atoms with Crippen LogP contribution in [0.5, 0.6) is 0 Å². The molecule has 0 aliphatic heterocycles. The molecule has 1 unspecified atom stereocenters. The first kappa shape index (κ1) is 14.8. The van der Waals surface area contributed by atoms with Crippen molar-refractivity contribution in [2.24, 2.45) is 0 Å². The van der Waals surface area contributed by atoms with Gasteiger partial charge in [0.15, 0.2) is 6.04 Å². The minimum Gasteiger partial charge on any atom is -0.479 e. The van der Waals surface area contributed by atoms with Gasteiger partial charge in [0.1, 0.15) is 5.69 Å². The summed E-state index contributed by atoms with van der Waals surface area (Å²) < 4.78 is 0. The lowest BCUT2D eigenvalue weighted by Crippen LogP contribution is -2.34. The molecule has 1 atom stereocenters. The molecule has 2 rings (SSSR count). The molecule has 3 N–H and O–H groups in total. The number of hydrogen-bond donors (Lipinski definition) is 3. The molecule has 0 bridgehead atoms. The van der Waals surface area contributed by atoms with Gasteiger partial charge in [-0.3, -0.25) is 9.89 Å². The molecule has 2 aromatic rings. The number of amides is 1. The van der Waals surface area contributed by atoms with Crippen LogP contribution in [0.25, 0.3) is 0 Å². The zero-order chi connectivity index (χ0) is 15.6. The molecule has 0 radical (unpaired) electrons. The molecule has 0 saturated carbocycles. The highest BCUT2D eigenvalue weighted by Gasteiger charge is 2.25. The Kier molecular flexibility index (Phi) is 4.07. The predicted molar refractivity (Wildman–Crippen MR) is 77.1 cm³/mol. The topological polar surface area (TPSA) is 95.1 Å². The molecule has 1 amide bonds. The number of carbonyl (C=O) groups excluding carboxylic acids is 1. The molecule has 1 heterocycles. The van der Waals surface area contributed by atoms with Crippen LogP contribution in [0.1, 0.15) is 38.9 Å². The first-order chi connectivity index (χ1) is 9.90. The van der Waals surface area contributed by atoms with E-state index in [4.69, 9.17) is 0 Å². The molecule has 110 valence electrons. The Balaban J connectivity index is 2.30. The van der Waals surface area contributed by atoms with Crippen LogP contribution in [0.2, 0.25) is 0 Å². The quantitative estimate of drug-likeness (QED) is 0.800. The Morgan fingerprint density at radius 3 is 2.57 bits per heavy atom. The summed E-state index contributed by atoms with van der Waals surface area (Å²) in [5.74, 6) is -1.63. The maximum absolute atomic E-state index is 12.1. The summed E-state index contributed by atoms with van der Waals surface area (Å²) in [7, 11) is 0. The van der Waals surface area contributed by atoms with Crippen LogP contribution >= 0.6 is 0 Å². The van der Waals surface area contributed by atoms with Gasteiger partial charge in [0, 0.05) is 5.69 Å². The molecular formula is C15H17N3O3. The van der Waals surface area contributed by atoms with Crippen molar-refractivity contribution in [3.05, 3.63) is 52.3 Å². The van der Waals surface area contributed by atoms with E-state index in [1.54, 1.807) is 25.1 Å². The number of aromatic nitrogens is 2. The highest BCUT2D eigenvalue weighted by molar-refractivity contribution is 5.95. The van der Waals surface area contributed by atoms with Gasteiger partial charge in [0.25, 0.3) is 5.91 Å². The van der Waals surface area contributed by atoms with Crippen molar-refractivity contribution in [1.29, 1.82) is 0 Å². The summed E-state index contributed by atoms with van der Waals surface area (Å²) in [6.07, 6.45) is 0. The van der Waals surface area contributed by atoms with E-state index >= 15 is 0 Å². The summed E-state index contributed by atoms with van der Waals surface area (Å²) in [4.78, 5) is 23.6. The average Bonchev–Trinajstić information content (AvgIpc) is 2.86. The molecule has 1 aromatic carbocycles. The summed E-state index contributed by atoms with van der Waals surface area (Å²) in [5, 5.41) is 18.4. The highest BCUT2D eigenvalue weighted by Crippen LogP contribution is 2.21. The maximum atomic E-state index is 12.1. The Morgan fingerprint density at radius 1 is 1.29 bits per heavy atom. The van der Waals surface area contributed by atoms with Crippen LogP contribution in [0.3, 0.4) is 0 Å². The molecule has 6 heteroatoms. The SMILES string of the molecule is Cc1cc(C(=O)NC(C(=O)O)c2cccc(C)c2C)n[nH]1. The van der Waals surface area contributed by atoms with Gasteiger partial charge < -0.3 is 10.4 Å². The van der Waals surface area contributed by atoms with Crippen LogP contribution in [0.4, 0.5) is 0 Å². The van der Waals surface area contributed by atoms with Crippen LogP contribution in [-0.4, -0.2) is 27.2 Å². The third kappa shape index (κ3) is 3.10. The Morgan fingerprint density at radius 2 is 2.00 bits per heavy atom. The van der Waals surface area contributed by atoms with E-state index in [0.717, 1.165) is 16.8 Å². The summed E-state index contributed by atoms with van der Waals surface area (Å²) >= 11 is 0. The first-order valence-corrected chi connectivity index (χ1v) is 6.52. The highest BCUT2D eigenvalue weighted by atomic mass is 16.4. The number of carbonyl (C=O) groups is 2. The van der Waals surface area contributed by atoms with Crippen molar-refractivity contribution < 1.29 is 14.7 Å². The van der Waals surface area contributed by atoms with Gasteiger partial charge in [-0.25, -0.2) is 4.79 Å². The molecule has 6 nitrogen and oxygen atoms in total. The second kappa shape index (κ2) is 5.78. The lowest BCUT2D eigenvalue weighted by Gasteiger charge is -2.17. The van der Waals surface area contributed by atoms with Crippen molar-refractivity contribution in [2.75, 3.05) is 0 Å². The molecule has 0 fully saturated rings. The zero-order valence-electron chi connectivity index (χ0n) is 12.1. The Hall–Kier alpha value is -2.63. The normalized spacial score (nSPS) is 12.0. The number of aryl methyl sites for hydroxylation is 2. The van der Waals surface area contributed by atoms with Gasteiger partial charge in [-0.2, -0.15) is 5.10 Å². The van der Waals surface area contributed by atoms with E-state index in [2.05, 4.69) is 15.5 Å². The van der Waals surface area contributed by atoms with Crippen molar-refractivity contribution in [2.45, 2.75) is 26.8 Å². The van der Waals surface area contributed by atoms with E-state index in [9.17, 15) is 14.7 Å². The lowest BCUT2D eigenvalue weighted by molar-refractivity contribution is -0.139. The Labute approximate surface area is 122 Å².